The van der Waals surface area contributed by atoms with Gasteiger partial charge in [-0.25, -0.2) is 0 Å². The van der Waals surface area contributed by atoms with Gasteiger partial charge in [-0.05, 0) is 58.4 Å². The van der Waals surface area contributed by atoms with E-state index < -0.39 is 0 Å². The van der Waals surface area contributed by atoms with E-state index in [9.17, 15) is 5.11 Å². The minimum Gasteiger partial charge on any atom is -0.393 e. The first-order valence-corrected chi connectivity index (χ1v) is 7.71. The summed E-state index contributed by atoms with van der Waals surface area (Å²) in [7, 11) is 0. The minimum atomic E-state index is -0.181. The predicted octanol–water partition coefficient (Wildman–Crippen LogP) is 1.86. The van der Waals surface area contributed by atoms with Crippen LogP contribution in [0.3, 0.4) is 0 Å². The average Bonchev–Trinajstić information content (AvgIpc) is 2.26. The largest absolute Gasteiger partial charge is 0.393 e. The van der Waals surface area contributed by atoms with Crippen LogP contribution in [0, 0.1) is 11.8 Å². The molecule has 3 heteroatoms. The van der Waals surface area contributed by atoms with Crippen LogP contribution in [0.1, 0.15) is 46.5 Å². The molecule has 0 aromatic rings. The fraction of sp³-hybridized carbons (Fsp3) is 1.00. The Balaban J connectivity index is 1.83. The molecule has 3 atom stereocenters. The maximum Gasteiger partial charge on any atom is 0.0553 e. The van der Waals surface area contributed by atoms with Gasteiger partial charge in [0.05, 0.1) is 6.10 Å². The molecule has 0 aromatic heterocycles. The molecule has 106 valence electrons. The molecule has 1 aliphatic carbocycles. The van der Waals surface area contributed by atoms with Crippen molar-refractivity contribution in [1.29, 1.82) is 0 Å². The first-order chi connectivity index (χ1) is 8.56. The lowest BCUT2D eigenvalue weighted by molar-refractivity contribution is 0.0341. The van der Waals surface area contributed by atoms with Crippen molar-refractivity contribution in [3.05, 3.63) is 0 Å². The van der Waals surface area contributed by atoms with Crippen LogP contribution < -0.4 is 5.32 Å². The van der Waals surface area contributed by atoms with Gasteiger partial charge in [0, 0.05) is 25.2 Å². The second-order valence-electron chi connectivity index (χ2n) is 6.69. The highest BCUT2D eigenvalue weighted by atomic mass is 16.3. The van der Waals surface area contributed by atoms with Gasteiger partial charge < -0.3 is 10.4 Å². The number of nitrogens with zero attached hydrogens (tertiary/aromatic N) is 1. The van der Waals surface area contributed by atoms with Gasteiger partial charge >= 0.3 is 0 Å². The topological polar surface area (TPSA) is 35.5 Å². The first kappa shape index (κ1) is 14.3. The summed E-state index contributed by atoms with van der Waals surface area (Å²) < 4.78 is 0. The second-order valence-corrected chi connectivity index (χ2v) is 6.69. The van der Waals surface area contributed by atoms with Gasteiger partial charge in [0.25, 0.3) is 0 Å². The van der Waals surface area contributed by atoms with Crippen LogP contribution in [-0.4, -0.2) is 47.8 Å². The number of hydrogen-bond acceptors (Lipinski definition) is 3. The van der Waals surface area contributed by atoms with Gasteiger partial charge in [-0.3, -0.25) is 4.90 Å². The lowest BCUT2D eigenvalue weighted by Gasteiger charge is -2.42. The van der Waals surface area contributed by atoms with E-state index in [-0.39, 0.29) is 6.10 Å². The molecule has 1 heterocycles. The number of rotatable bonds is 5. The Hall–Kier alpha value is -0.120. The Kier molecular flexibility index (Phi) is 5.05. The molecule has 0 radical (unpaired) electrons. The molecule has 3 nitrogen and oxygen atoms in total. The number of aliphatic hydroxyl groups excluding tert-OH is 1. The van der Waals surface area contributed by atoms with E-state index in [1.807, 2.05) is 6.92 Å². The molecule has 2 fully saturated rings. The first-order valence-electron chi connectivity index (χ1n) is 7.71. The van der Waals surface area contributed by atoms with Gasteiger partial charge in [0.1, 0.15) is 0 Å². The molecule has 0 bridgehead atoms. The van der Waals surface area contributed by atoms with Crippen LogP contribution >= 0.6 is 0 Å². The summed E-state index contributed by atoms with van der Waals surface area (Å²) in [5.74, 6) is 1.35. The molecule has 2 rings (SSSR count). The summed E-state index contributed by atoms with van der Waals surface area (Å²) in [6.07, 6.45) is 5.19. The highest BCUT2D eigenvalue weighted by Gasteiger charge is 2.31. The van der Waals surface area contributed by atoms with Crippen molar-refractivity contribution in [2.24, 2.45) is 11.8 Å². The van der Waals surface area contributed by atoms with Crippen molar-refractivity contribution >= 4 is 0 Å². The van der Waals surface area contributed by atoms with Crippen LogP contribution in [0.4, 0.5) is 0 Å². The number of nitrogens with one attached hydrogen (secondary N) is 1. The summed E-state index contributed by atoms with van der Waals surface area (Å²) in [5, 5.41) is 13.6. The maximum atomic E-state index is 9.87. The minimum absolute atomic E-state index is 0.181. The standard InChI is InChI=1S/C15H30N2O/c1-11(2)17-9-14(12(3)18)7-15(10-17)16-8-13-5-4-6-13/h11-16,18H,4-10H2,1-3H3. The SMILES string of the molecule is CC(O)C1CC(NCC2CCC2)CN(C(C)C)C1. The van der Waals surface area contributed by atoms with Crippen LogP contribution in [0.15, 0.2) is 0 Å². The van der Waals surface area contributed by atoms with Gasteiger partial charge in [-0.2, -0.15) is 0 Å². The Morgan fingerprint density at radius 2 is 1.94 bits per heavy atom. The third-order valence-corrected chi connectivity index (χ3v) is 4.84. The third-order valence-electron chi connectivity index (χ3n) is 4.84. The van der Waals surface area contributed by atoms with E-state index in [1.165, 1.54) is 25.8 Å². The van der Waals surface area contributed by atoms with E-state index in [0.717, 1.165) is 25.4 Å². The molecule has 1 saturated heterocycles. The Bertz CT molecular complexity index is 235. The molecule has 2 aliphatic rings. The Labute approximate surface area is 112 Å². The van der Waals surface area contributed by atoms with E-state index in [0.29, 0.717) is 18.0 Å². The van der Waals surface area contributed by atoms with Gasteiger partial charge in [-0.1, -0.05) is 6.42 Å². The van der Waals surface area contributed by atoms with Crippen molar-refractivity contribution in [2.75, 3.05) is 19.6 Å². The molecule has 0 aromatic carbocycles. The summed E-state index contributed by atoms with van der Waals surface area (Å²) in [4.78, 5) is 2.51. The lowest BCUT2D eigenvalue weighted by Crippen LogP contribution is -2.54. The normalized spacial score (nSPS) is 32.5. The van der Waals surface area contributed by atoms with Crippen molar-refractivity contribution in [2.45, 2.75) is 64.6 Å². The van der Waals surface area contributed by atoms with Crippen LogP contribution in [-0.2, 0) is 0 Å². The average molecular weight is 254 g/mol. The monoisotopic (exact) mass is 254 g/mol. The molecular formula is C15H30N2O. The Morgan fingerprint density at radius 3 is 2.44 bits per heavy atom. The molecule has 0 spiro atoms. The predicted molar refractivity (Wildman–Crippen MR) is 75.6 cm³/mol. The molecule has 1 saturated carbocycles. The van der Waals surface area contributed by atoms with Crippen LogP contribution in [0.2, 0.25) is 0 Å². The van der Waals surface area contributed by atoms with Gasteiger partial charge in [-0.15, -0.1) is 0 Å². The fourth-order valence-electron chi connectivity index (χ4n) is 3.12. The lowest BCUT2D eigenvalue weighted by atomic mass is 9.84. The van der Waals surface area contributed by atoms with Crippen molar-refractivity contribution in [3.8, 4) is 0 Å². The molecule has 2 N–H and O–H groups in total. The maximum absolute atomic E-state index is 9.87. The zero-order valence-electron chi connectivity index (χ0n) is 12.2. The third kappa shape index (κ3) is 3.69. The van der Waals surface area contributed by atoms with Crippen molar-refractivity contribution in [3.63, 3.8) is 0 Å². The highest BCUT2D eigenvalue weighted by Crippen LogP contribution is 2.26. The Morgan fingerprint density at radius 1 is 1.22 bits per heavy atom. The second kappa shape index (κ2) is 6.36. The van der Waals surface area contributed by atoms with E-state index in [1.54, 1.807) is 0 Å². The van der Waals surface area contributed by atoms with Crippen LogP contribution in [0.25, 0.3) is 0 Å². The molecule has 18 heavy (non-hydrogen) atoms. The number of aliphatic hydroxyl groups is 1. The zero-order valence-corrected chi connectivity index (χ0v) is 12.2. The summed E-state index contributed by atoms with van der Waals surface area (Å²) in [6.45, 7) is 9.84. The van der Waals surface area contributed by atoms with Gasteiger partial charge in [0.2, 0.25) is 0 Å². The molecule has 3 unspecified atom stereocenters. The number of hydrogen-bond donors (Lipinski definition) is 2. The fourth-order valence-corrected chi connectivity index (χ4v) is 3.12. The van der Waals surface area contributed by atoms with E-state index in [2.05, 4.69) is 24.1 Å². The summed E-state index contributed by atoms with van der Waals surface area (Å²) in [6, 6.07) is 1.15. The molecule has 0 amide bonds. The number of piperidine rings is 1. The van der Waals surface area contributed by atoms with Crippen molar-refractivity contribution < 1.29 is 5.11 Å². The summed E-state index contributed by atoms with van der Waals surface area (Å²) >= 11 is 0. The van der Waals surface area contributed by atoms with Gasteiger partial charge in [0.15, 0.2) is 0 Å². The van der Waals surface area contributed by atoms with E-state index in [4.69, 9.17) is 0 Å². The zero-order chi connectivity index (χ0) is 13.1. The quantitative estimate of drug-likeness (QED) is 0.786. The van der Waals surface area contributed by atoms with Crippen molar-refractivity contribution in [1.82, 2.24) is 10.2 Å². The van der Waals surface area contributed by atoms with E-state index >= 15 is 0 Å². The smallest absolute Gasteiger partial charge is 0.0553 e. The summed E-state index contributed by atoms with van der Waals surface area (Å²) in [5.41, 5.74) is 0. The van der Waals surface area contributed by atoms with Crippen LogP contribution in [0.5, 0.6) is 0 Å². The molecule has 1 aliphatic heterocycles. The molecular weight excluding hydrogens is 224 g/mol. The number of likely N-dealkylation sites (tertiary alicyclic amines) is 1. The highest BCUT2D eigenvalue weighted by molar-refractivity contribution is 4.87.